The van der Waals surface area contributed by atoms with Crippen LogP contribution in [0.1, 0.15) is 26.3 Å². The summed E-state index contributed by atoms with van der Waals surface area (Å²) in [6.45, 7) is 6.88. The highest BCUT2D eigenvalue weighted by molar-refractivity contribution is 6.25. The van der Waals surface area contributed by atoms with Gasteiger partial charge in [0.25, 0.3) is 0 Å². The topological polar surface area (TPSA) is 9.86 Å². The summed E-state index contributed by atoms with van der Waals surface area (Å²) in [6, 6.07) is 199. The van der Waals surface area contributed by atoms with Crippen molar-refractivity contribution in [1.29, 1.82) is 0 Å². The van der Waals surface area contributed by atoms with Gasteiger partial charge in [-0.2, -0.15) is 0 Å². The van der Waals surface area contributed by atoms with Crippen LogP contribution >= 0.6 is 0 Å². The van der Waals surface area contributed by atoms with E-state index in [1.54, 1.807) is 0 Å². The number of fused-ring (bicyclic) bond motifs is 10. The molecule has 2 nitrogen and oxygen atoms in total. The highest BCUT2D eigenvalue weighted by Gasteiger charge is 2.25. The quantitative estimate of drug-likeness (QED) is 0.0854. The zero-order valence-corrected chi connectivity index (χ0v) is 79.3. The number of hydrogen-bond acceptors (Lipinski definition) is 0. The SMILES string of the molecule is CC(C)(C)c1ccc2c(c1)c1cc(-c3ccc(-c4ccc(-c5c6ccc(-c7ccccc7)cc6c(-c6ccccc6)c6ccc(-c7ccccc7)cc56)cc4)cc3)ccc1n2-c1ccccc1.c1ccc(-c2ccc(-c3ccc(-c4c5ccc(-c6ccccc6)cc5c(-c5ccc(-c6ccc(-c7ccc8c(c7)c7ccccc7n8-c7ccccc7)cc6)cc5)c5ccc(-c6ccccc6)cc45)cc3)cc2)cc1. The third-order valence-corrected chi connectivity index (χ3v) is 29.0. The molecule has 0 spiro atoms. The Kier molecular flexibility index (Phi) is 22.0. The smallest absolute Gasteiger partial charge is 0.0541 e. The van der Waals surface area contributed by atoms with Crippen LogP contribution in [-0.2, 0) is 5.41 Å². The number of benzene rings is 24. The molecule has 0 saturated carbocycles. The third kappa shape index (κ3) is 16.0. The van der Waals surface area contributed by atoms with Crippen LogP contribution in [0.3, 0.4) is 0 Å². The molecule has 0 radical (unpaired) electrons. The van der Waals surface area contributed by atoms with Gasteiger partial charge in [-0.3, -0.25) is 0 Å². The van der Waals surface area contributed by atoms with E-state index in [1.807, 2.05) is 0 Å². The molecule has 142 heavy (non-hydrogen) atoms. The summed E-state index contributed by atoms with van der Waals surface area (Å²) in [7, 11) is 0. The molecule has 2 aromatic heterocycles. The van der Waals surface area contributed by atoms with Crippen molar-refractivity contribution in [3.05, 3.63) is 545 Å². The summed E-state index contributed by atoms with van der Waals surface area (Å²) < 4.78 is 4.78. The Morgan fingerprint density at radius 1 is 0.120 bits per heavy atom. The molecule has 2 heterocycles. The van der Waals surface area contributed by atoms with Crippen molar-refractivity contribution in [2.45, 2.75) is 26.2 Å². The molecule has 0 aliphatic heterocycles. The first-order valence-electron chi connectivity index (χ1n) is 49.3. The predicted molar refractivity (Wildman–Crippen MR) is 606 cm³/mol. The largest absolute Gasteiger partial charge is 0.309 e. The molecular formula is C140H98N2. The van der Waals surface area contributed by atoms with E-state index in [2.05, 4.69) is 570 Å². The first-order chi connectivity index (χ1) is 70.0. The van der Waals surface area contributed by atoms with E-state index in [4.69, 9.17) is 0 Å². The molecule has 2 heteroatoms. The maximum Gasteiger partial charge on any atom is 0.0541 e. The Balaban J connectivity index is 0.000000150. The lowest BCUT2D eigenvalue weighted by molar-refractivity contribution is 0.591. The van der Waals surface area contributed by atoms with Crippen molar-refractivity contribution in [2.24, 2.45) is 0 Å². The standard InChI is InChI=1S/C74H49N.C66H49N/c1-5-15-50(16-6-1)53-25-27-54(28-26-53)56-33-37-59(38-34-56)73-66-44-41-62(52-19-9-3-10-20-52)49-70(66)74(67-45-42-61(48-69(67)73)51-17-7-2-8-18-51)60-39-35-57(36-40-60)55-29-31-58(32-30-55)63-43-46-72-68(47-63)65-23-13-14-24-71(65)75(72)64-21-11-4-12-22-64;1-66(2,3)54-35-39-63-59(43-54)58-40-53(34-38-62(58)67(63)55-22-14-7-15-23-55)48-26-24-46(25-27-48)47-28-30-50(31-29-47)65-57-37-33-51(44-16-8-4-9-17-44)41-60(57)64(49-20-12-6-13-21-49)56-36-32-52(42-61(56)65)45-18-10-5-11-19-45/h1-49H;4-43H,1-3H3. The van der Waals surface area contributed by atoms with Gasteiger partial charge in [-0.05, 0) is 301 Å². The lowest BCUT2D eigenvalue weighted by Crippen LogP contribution is -2.10. The van der Waals surface area contributed by atoms with E-state index < -0.39 is 0 Å². The first-order valence-corrected chi connectivity index (χ1v) is 49.3. The lowest BCUT2D eigenvalue weighted by Gasteiger charge is -2.20. The Hall–Kier alpha value is -18.1. The molecule has 0 saturated heterocycles. The van der Waals surface area contributed by atoms with Crippen LogP contribution in [0.5, 0.6) is 0 Å². The number of hydrogen-bond donors (Lipinski definition) is 0. The van der Waals surface area contributed by atoms with Gasteiger partial charge in [0.05, 0.1) is 22.1 Å². The van der Waals surface area contributed by atoms with Gasteiger partial charge in [0.1, 0.15) is 0 Å². The number of nitrogens with zero attached hydrogens (tertiary/aromatic N) is 2. The second-order valence-electron chi connectivity index (χ2n) is 38.5. The van der Waals surface area contributed by atoms with Gasteiger partial charge in [-0.25, -0.2) is 0 Å². The zero-order chi connectivity index (χ0) is 94.7. The monoisotopic (exact) mass is 1810 g/mol. The van der Waals surface area contributed by atoms with Crippen molar-refractivity contribution in [3.63, 3.8) is 0 Å². The molecule has 0 bridgehead atoms. The van der Waals surface area contributed by atoms with Crippen molar-refractivity contribution >= 4 is 86.7 Å². The fourth-order valence-corrected chi connectivity index (χ4v) is 21.8. The zero-order valence-electron chi connectivity index (χ0n) is 79.3. The maximum absolute atomic E-state index is 2.42. The number of para-hydroxylation sites is 3. The molecule has 26 rings (SSSR count). The van der Waals surface area contributed by atoms with Gasteiger partial charge in [-0.15, -0.1) is 0 Å². The van der Waals surface area contributed by atoms with Gasteiger partial charge in [0.2, 0.25) is 0 Å². The number of aromatic nitrogens is 2. The average Bonchev–Trinajstić information content (AvgIpc) is 1.24. The van der Waals surface area contributed by atoms with Gasteiger partial charge in [-0.1, -0.05) is 470 Å². The summed E-state index contributed by atoms with van der Waals surface area (Å²) in [5, 5.41) is 15.0. The van der Waals surface area contributed by atoms with Crippen molar-refractivity contribution in [3.8, 4) is 167 Å². The Bertz CT molecular complexity index is 9210. The Labute approximate surface area is 828 Å². The molecule has 0 atom stereocenters. The van der Waals surface area contributed by atoms with Gasteiger partial charge >= 0.3 is 0 Å². The molecule has 668 valence electrons. The van der Waals surface area contributed by atoms with E-state index in [1.165, 1.54) is 259 Å². The van der Waals surface area contributed by atoms with E-state index >= 15 is 0 Å². The molecule has 24 aromatic carbocycles. The molecule has 26 aromatic rings. The second kappa shape index (κ2) is 36.4. The predicted octanol–water partition coefficient (Wildman–Crippen LogP) is 38.8. The maximum atomic E-state index is 2.42. The molecule has 0 unspecified atom stereocenters. The van der Waals surface area contributed by atoms with E-state index in [9.17, 15) is 0 Å². The van der Waals surface area contributed by atoms with Crippen LogP contribution in [0, 0.1) is 0 Å². The van der Waals surface area contributed by atoms with Gasteiger partial charge < -0.3 is 9.13 Å². The lowest BCUT2D eigenvalue weighted by atomic mass is 9.83. The Morgan fingerprint density at radius 2 is 0.296 bits per heavy atom. The molecular weight excluding hydrogens is 1710 g/mol. The van der Waals surface area contributed by atoms with Crippen molar-refractivity contribution in [1.82, 2.24) is 9.13 Å². The summed E-state index contributed by atoms with van der Waals surface area (Å²) >= 11 is 0. The van der Waals surface area contributed by atoms with Crippen LogP contribution in [-0.4, -0.2) is 9.13 Å². The molecule has 0 aliphatic carbocycles. The fourth-order valence-electron chi connectivity index (χ4n) is 21.8. The van der Waals surface area contributed by atoms with Crippen LogP contribution in [0.4, 0.5) is 0 Å². The average molecular weight is 1810 g/mol. The third-order valence-electron chi connectivity index (χ3n) is 29.0. The molecule has 0 fully saturated rings. The highest BCUT2D eigenvalue weighted by Crippen LogP contribution is 2.51. The van der Waals surface area contributed by atoms with Gasteiger partial charge in [0, 0.05) is 32.9 Å². The van der Waals surface area contributed by atoms with Gasteiger partial charge in [0.15, 0.2) is 0 Å². The fraction of sp³-hybridized carbons (Fsp3) is 0.0286. The summed E-state index contributed by atoms with van der Waals surface area (Å²) in [5.74, 6) is 0. The normalized spacial score (nSPS) is 11.6. The minimum atomic E-state index is 0.0497. The highest BCUT2D eigenvalue weighted by atomic mass is 15.0. The van der Waals surface area contributed by atoms with Crippen LogP contribution in [0.25, 0.3) is 254 Å². The summed E-state index contributed by atoms with van der Waals surface area (Å²) in [4.78, 5) is 0. The molecule has 0 N–H and O–H groups in total. The molecule has 0 amide bonds. The van der Waals surface area contributed by atoms with Crippen LogP contribution in [0.2, 0.25) is 0 Å². The van der Waals surface area contributed by atoms with Crippen LogP contribution < -0.4 is 0 Å². The first kappa shape index (κ1) is 85.6. The van der Waals surface area contributed by atoms with Crippen LogP contribution in [0.15, 0.2) is 540 Å². The minimum Gasteiger partial charge on any atom is -0.309 e. The Morgan fingerprint density at radius 3 is 0.577 bits per heavy atom. The van der Waals surface area contributed by atoms with Crippen molar-refractivity contribution < 1.29 is 0 Å². The van der Waals surface area contributed by atoms with E-state index in [0.29, 0.717) is 0 Å². The number of rotatable bonds is 16. The summed E-state index contributed by atoms with van der Waals surface area (Å²) in [6.07, 6.45) is 0. The second-order valence-corrected chi connectivity index (χ2v) is 38.5. The van der Waals surface area contributed by atoms with Crippen molar-refractivity contribution in [2.75, 3.05) is 0 Å². The van der Waals surface area contributed by atoms with E-state index in [0.717, 1.165) is 0 Å². The minimum absolute atomic E-state index is 0.0497. The van der Waals surface area contributed by atoms with E-state index in [-0.39, 0.29) is 5.41 Å². The molecule has 0 aliphatic rings. The summed E-state index contributed by atoms with van der Waals surface area (Å²) in [5.41, 5.74) is 42.5.